The first-order valence-electron chi connectivity index (χ1n) is 17.8. The van der Waals surface area contributed by atoms with Crippen LogP contribution < -0.4 is 10.6 Å². The van der Waals surface area contributed by atoms with Crippen molar-refractivity contribution in [2.45, 2.75) is 149 Å². The number of rotatable bonds is 23. The highest BCUT2D eigenvalue weighted by Crippen LogP contribution is 2.34. The van der Waals surface area contributed by atoms with Crippen LogP contribution in [-0.2, 0) is 28.6 Å². The standard InChI is InChI=1S/C38H62N2O6/c1-6-7-8-9-10-11-12-13-14-15-16-17-18-19-23-26-33(41)40-32(31-24-21-20-22-25-31)29-44-34(42)27-28-39-36(43)35-37(2,3)30-45-38(4,5)46-35/h13-14,20-22,24-25,32,35H,6-12,15-19,23,26-30H2,1-5H3,(H,39,43)(H,40,41)/b14-13-/t32-,35?/m1/s1. The summed E-state index contributed by atoms with van der Waals surface area (Å²) >= 11 is 0. The van der Waals surface area contributed by atoms with E-state index >= 15 is 0 Å². The first kappa shape index (κ1) is 39.5. The third-order valence-corrected chi connectivity index (χ3v) is 8.38. The molecule has 1 heterocycles. The maximum atomic E-state index is 12.8. The van der Waals surface area contributed by atoms with E-state index in [1.165, 1.54) is 57.8 Å². The van der Waals surface area contributed by atoms with E-state index in [1.807, 2.05) is 44.2 Å². The summed E-state index contributed by atoms with van der Waals surface area (Å²) in [6, 6.07) is 9.10. The molecule has 1 aromatic rings. The van der Waals surface area contributed by atoms with E-state index in [0.717, 1.165) is 31.2 Å². The number of esters is 1. The Hall–Kier alpha value is -2.71. The molecule has 1 saturated heterocycles. The number of amides is 2. The monoisotopic (exact) mass is 642 g/mol. The molecule has 0 aliphatic carbocycles. The second-order valence-corrected chi connectivity index (χ2v) is 13.8. The van der Waals surface area contributed by atoms with E-state index in [-0.39, 0.29) is 31.4 Å². The maximum Gasteiger partial charge on any atom is 0.307 e. The van der Waals surface area contributed by atoms with Crippen LogP contribution in [0.5, 0.6) is 0 Å². The lowest BCUT2D eigenvalue weighted by Crippen LogP contribution is -2.56. The highest BCUT2D eigenvalue weighted by atomic mass is 16.7. The number of allylic oxidation sites excluding steroid dienone is 2. The van der Waals surface area contributed by atoms with Crippen LogP contribution in [0.4, 0.5) is 0 Å². The fourth-order valence-electron chi connectivity index (χ4n) is 5.48. The van der Waals surface area contributed by atoms with Crippen molar-refractivity contribution < 1.29 is 28.6 Å². The van der Waals surface area contributed by atoms with Crippen molar-refractivity contribution in [2.24, 2.45) is 5.41 Å². The Balaban J connectivity index is 1.63. The van der Waals surface area contributed by atoms with Crippen LogP contribution in [0, 0.1) is 5.41 Å². The van der Waals surface area contributed by atoms with Gasteiger partial charge in [-0.05, 0) is 51.5 Å². The molecule has 8 nitrogen and oxygen atoms in total. The molecule has 8 heteroatoms. The number of hydrogen-bond acceptors (Lipinski definition) is 6. The summed E-state index contributed by atoms with van der Waals surface area (Å²) in [5, 5.41) is 5.85. The molecule has 1 aliphatic heterocycles. The SMILES string of the molecule is CCCCCCCC/C=C\CCCCCCCC(=O)N[C@H](COC(=O)CCNC(=O)C1OC(C)(C)OCC1(C)C)c1ccccc1. The fourth-order valence-corrected chi connectivity index (χ4v) is 5.48. The van der Waals surface area contributed by atoms with E-state index in [1.54, 1.807) is 13.8 Å². The Morgan fingerprint density at radius 3 is 2.13 bits per heavy atom. The summed E-state index contributed by atoms with van der Waals surface area (Å²) in [7, 11) is 0. The molecule has 2 N–H and O–H groups in total. The highest BCUT2D eigenvalue weighted by Gasteiger charge is 2.45. The minimum Gasteiger partial charge on any atom is -0.463 e. The van der Waals surface area contributed by atoms with Crippen molar-refractivity contribution >= 4 is 17.8 Å². The van der Waals surface area contributed by atoms with Gasteiger partial charge in [-0.1, -0.05) is 115 Å². The molecule has 2 atom stereocenters. The van der Waals surface area contributed by atoms with Gasteiger partial charge < -0.3 is 24.8 Å². The molecular weight excluding hydrogens is 580 g/mol. The topological polar surface area (TPSA) is 103 Å². The molecule has 0 aromatic heterocycles. The Bertz CT molecular complexity index is 1040. The lowest BCUT2D eigenvalue weighted by atomic mass is 9.85. The van der Waals surface area contributed by atoms with Gasteiger partial charge in [-0.15, -0.1) is 0 Å². The van der Waals surface area contributed by atoms with E-state index in [9.17, 15) is 14.4 Å². The van der Waals surface area contributed by atoms with Crippen molar-refractivity contribution in [3.05, 3.63) is 48.0 Å². The van der Waals surface area contributed by atoms with Crippen molar-refractivity contribution in [1.82, 2.24) is 10.6 Å². The third-order valence-electron chi connectivity index (χ3n) is 8.38. The molecule has 0 saturated carbocycles. The number of carbonyl (C=O) groups excluding carboxylic acids is 3. The number of benzene rings is 1. The number of hydrogen-bond donors (Lipinski definition) is 2. The zero-order valence-corrected chi connectivity index (χ0v) is 29.4. The normalized spacial score (nSPS) is 17.8. The number of nitrogens with one attached hydrogen (secondary N) is 2. The average Bonchev–Trinajstić information content (AvgIpc) is 3.02. The molecule has 0 bridgehead atoms. The minimum absolute atomic E-state index is 0.0170. The van der Waals surface area contributed by atoms with Crippen LogP contribution in [0.1, 0.15) is 143 Å². The first-order chi connectivity index (χ1) is 22.0. The van der Waals surface area contributed by atoms with Gasteiger partial charge in [-0.25, -0.2) is 0 Å². The molecule has 2 rings (SSSR count). The van der Waals surface area contributed by atoms with Gasteiger partial charge in [0.05, 0.1) is 19.1 Å². The predicted molar refractivity (Wildman–Crippen MR) is 184 cm³/mol. The summed E-state index contributed by atoms with van der Waals surface area (Å²) in [6.07, 6.45) is 20.2. The van der Waals surface area contributed by atoms with E-state index in [4.69, 9.17) is 14.2 Å². The summed E-state index contributed by atoms with van der Waals surface area (Å²) in [5.74, 6) is -1.62. The van der Waals surface area contributed by atoms with Gasteiger partial charge in [-0.2, -0.15) is 0 Å². The molecule has 1 unspecified atom stereocenters. The molecule has 46 heavy (non-hydrogen) atoms. The molecule has 0 spiro atoms. The molecule has 1 aliphatic rings. The predicted octanol–water partition coefficient (Wildman–Crippen LogP) is 8.11. The minimum atomic E-state index is -0.850. The van der Waals surface area contributed by atoms with Gasteiger partial charge in [0.1, 0.15) is 12.7 Å². The molecule has 260 valence electrons. The fraction of sp³-hybridized carbons (Fsp3) is 0.711. The third kappa shape index (κ3) is 16.7. The largest absolute Gasteiger partial charge is 0.463 e. The van der Waals surface area contributed by atoms with Gasteiger partial charge in [-0.3, -0.25) is 14.4 Å². The van der Waals surface area contributed by atoms with E-state index in [2.05, 4.69) is 29.7 Å². The Morgan fingerprint density at radius 1 is 0.870 bits per heavy atom. The van der Waals surface area contributed by atoms with Crippen LogP contribution in [0.3, 0.4) is 0 Å². The summed E-state index contributed by atoms with van der Waals surface area (Å²) in [6.45, 7) is 10.2. The summed E-state index contributed by atoms with van der Waals surface area (Å²) < 4.78 is 17.1. The lowest BCUT2D eigenvalue weighted by molar-refractivity contribution is -0.304. The van der Waals surface area contributed by atoms with E-state index < -0.39 is 29.3 Å². The van der Waals surface area contributed by atoms with Gasteiger partial charge >= 0.3 is 5.97 Å². The van der Waals surface area contributed by atoms with Crippen molar-refractivity contribution in [3.63, 3.8) is 0 Å². The molecular formula is C38H62N2O6. The van der Waals surface area contributed by atoms with Crippen molar-refractivity contribution in [1.29, 1.82) is 0 Å². The van der Waals surface area contributed by atoms with Crippen LogP contribution in [-0.4, -0.2) is 49.4 Å². The van der Waals surface area contributed by atoms with Crippen molar-refractivity contribution in [2.75, 3.05) is 19.8 Å². The summed E-state index contributed by atoms with van der Waals surface area (Å²) in [5.41, 5.74) is 0.383. The highest BCUT2D eigenvalue weighted by molar-refractivity contribution is 5.82. The first-order valence-corrected chi connectivity index (χ1v) is 17.8. The summed E-state index contributed by atoms with van der Waals surface area (Å²) in [4.78, 5) is 38.1. The second kappa shape index (κ2) is 22.0. The van der Waals surface area contributed by atoms with Crippen LogP contribution in [0.25, 0.3) is 0 Å². The van der Waals surface area contributed by atoms with Gasteiger partial charge in [0, 0.05) is 18.4 Å². The van der Waals surface area contributed by atoms with Crippen LogP contribution in [0.2, 0.25) is 0 Å². The molecule has 1 aromatic carbocycles. The van der Waals surface area contributed by atoms with Crippen LogP contribution >= 0.6 is 0 Å². The lowest BCUT2D eigenvalue weighted by Gasteiger charge is -2.44. The van der Waals surface area contributed by atoms with Gasteiger partial charge in [0.15, 0.2) is 5.79 Å². The van der Waals surface area contributed by atoms with Crippen molar-refractivity contribution in [3.8, 4) is 0 Å². The molecule has 2 amide bonds. The molecule has 1 fully saturated rings. The Morgan fingerprint density at radius 2 is 1.48 bits per heavy atom. The van der Waals surface area contributed by atoms with Gasteiger partial charge in [0.25, 0.3) is 0 Å². The smallest absolute Gasteiger partial charge is 0.307 e. The Labute approximate surface area is 278 Å². The number of unbranched alkanes of at least 4 members (excludes halogenated alkanes) is 11. The zero-order chi connectivity index (χ0) is 33.7. The zero-order valence-electron chi connectivity index (χ0n) is 29.4. The van der Waals surface area contributed by atoms with Gasteiger partial charge in [0.2, 0.25) is 11.8 Å². The average molecular weight is 643 g/mol. The maximum absolute atomic E-state index is 12.8. The quantitative estimate of drug-likeness (QED) is 0.0710. The van der Waals surface area contributed by atoms with E-state index in [0.29, 0.717) is 13.0 Å². The number of carbonyl (C=O) groups is 3. The molecule has 0 radical (unpaired) electrons. The van der Waals surface area contributed by atoms with Crippen LogP contribution in [0.15, 0.2) is 42.5 Å². The Kier molecular flexibility index (Phi) is 18.8. The second-order valence-electron chi connectivity index (χ2n) is 13.8. The number of ether oxygens (including phenoxy) is 3.